The molecule has 0 aliphatic carbocycles. The summed E-state index contributed by atoms with van der Waals surface area (Å²) in [5.41, 5.74) is 1.11. The monoisotopic (exact) mass is 287 g/mol. The summed E-state index contributed by atoms with van der Waals surface area (Å²) in [5, 5.41) is 2.76. The highest BCUT2D eigenvalue weighted by molar-refractivity contribution is 6.04. The van der Waals surface area contributed by atoms with Crippen molar-refractivity contribution in [2.24, 2.45) is 0 Å². The molecule has 1 heterocycles. The van der Waals surface area contributed by atoms with E-state index in [1.54, 1.807) is 0 Å². The Morgan fingerprint density at radius 3 is 2.57 bits per heavy atom. The Morgan fingerprint density at radius 2 is 1.95 bits per heavy atom. The summed E-state index contributed by atoms with van der Waals surface area (Å²) in [6.07, 6.45) is 1.11. The number of rotatable bonds is 3. The van der Waals surface area contributed by atoms with E-state index < -0.39 is 17.2 Å². The quantitative estimate of drug-likeness (QED) is 0.802. The van der Waals surface area contributed by atoms with Crippen LogP contribution in [0.3, 0.4) is 0 Å². The molecule has 0 aliphatic heterocycles. The first-order valence-corrected chi connectivity index (χ1v) is 6.63. The molecule has 0 fully saturated rings. The Labute approximate surface area is 121 Å². The van der Waals surface area contributed by atoms with Gasteiger partial charge in [-0.25, -0.2) is 4.79 Å². The molecule has 110 valence electrons. The van der Waals surface area contributed by atoms with Gasteiger partial charge >= 0.3 is 5.69 Å². The zero-order valence-corrected chi connectivity index (χ0v) is 12.1. The van der Waals surface area contributed by atoms with E-state index in [1.807, 2.05) is 44.0 Å². The molecule has 1 aromatic carbocycles. The van der Waals surface area contributed by atoms with E-state index in [9.17, 15) is 14.4 Å². The van der Waals surface area contributed by atoms with Gasteiger partial charge in [-0.2, -0.15) is 0 Å². The fraction of sp³-hybridized carbons (Fsp3) is 0.267. The van der Waals surface area contributed by atoms with E-state index in [4.69, 9.17) is 0 Å². The van der Waals surface area contributed by atoms with Crippen molar-refractivity contribution in [1.29, 1.82) is 0 Å². The van der Waals surface area contributed by atoms with Crippen LogP contribution in [0.25, 0.3) is 0 Å². The van der Waals surface area contributed by atoms with Gasteiger partial charge in [0.2, 0.25) is 0 Å². The molecule has 0 bridgehead atoms. The number of aryl methyl sites for hydroxylation is 1. The molecule has 0 spiro atoms. The molecule has 2 rings (SSSR count). The van der Waals surface area contributed by atoms with Crippen molar-refractivity contribution in [3.05, 3.63) is 61.9 Å². The van der Waals surface area contributed by atoms with E-state index >= 15 is 0 Å². The summed E-state index contributed by atoms with van der Waals surface area (Å²) in [6, 6.07) is 5.75. The average molecular weight is 287 g/mol. The first-order valence-electron chi connectivity index (χ1n) is 6.63. The lowest BCUT2D eigenvalue weighted by molar-refractivity contribution is 0.102. The third-order valence-electron chi connectivity index (χ3n) is 3.23. The van der Waals surface area contributed by atoms with Crippen molar-refractivity contribution in [2.45, 2.75) is 26.7 Å². The second kappa shape index (κ2) is 5.78. The number of amides is 1. The molecular weight excluding hydrogens is 270 g/mol. The lowest BCUT2D eigenvalue weighted by atomic mass is 9.98. The van der Waals surface area contributed by atoms with Gasteiger partial charge in [-0.1, -0.05) is 32.0 Å². The van der Waals surface area contributed by atoms with E-state index in [-0.39, 0.29) is 11.5 Å². The molecule has 0 saturated carbocycles. The highest BCUT2D eigenvalue weighted by Gasteiger charge is 2.15. The molecule has 21 heavy (non-hydrogen) atoms. The summed E-state index contributed by atoms with van der Waals surface area (Å²) >= 11 is 0. The van der Waals surface area contributed by atoms with Crippen LogP contribution < -0.4 is 16.6 Å². The second-order valence-corrected chi connectivity index (χ2v) is 5.13. The normalized spacial score (nSPS) is 10.7. The lowest BCUT2D eigenvalue weighted by Crippen LogP contribution is -2.30. The van der Waals surface area contributed by atoms with Gasteiger partial charge in [-0.05, 0) is 24.0 Å². The van der Waals surface area contributed by atoms with Crippen LogP contribution >= 0.6 is 0 Å². The molecule has 0 atom stereocenters. The number of carbonyl (C=O) groups is 1. The first kappa shape index (κ1) is 14.8. The summed E-state index contributed by atoms with van der Waals surface area (Å²) in [5.74, 6) is -0.322. The predicted molar refractivity (Wildman–Crippen MR) is 80.9 cm³/mol. The van der Waals surface area contributed by atoms with E-state index in [1.165, 1.54) is 0 Å². The molecule has 6 nitrogen and oxygen atoms in total. The Hall–Kier alpha value is -2.63. The molecule has 3 N–H and O–H groups in total. The Bertz CT molecular complexity index is 787. The number of hydrogen-bond donors (Lipinski definition) is 3. The SMILES string of the molecule is Cc1cccc(C(C)C)c1NC(=O)c1c[nH]c(=O)[nH]c1=O. The maximum Gasteiger partial charge on any atom is 0.325 e. The van der Waals surface area contributed by atoms with Crippen molar-refractivity contribution in [1.82, 2.24) is 9.97 Å². The molecular formula is C15H17N3O3. The topological polar surface area (TPSA) is 94.8 Å². The van der Waals surface area contributed by atoms with Gasteiger partial charge in [-0.3, -0.25) is 14.6 Å². The number of para-hydroxylation sites is 1. The van der Waals surface area contributed by atoms with Gasteiger partial charge in [0, 0.05) is 11.9 Å². The molecule has 1 amide bonds. The number of nitrogens with one attached hydrogen (secondary N) is 3. The van der Waals surface area contributed by atoms with Crippen LogP contribution in [0.4, 0.5) is 5.69 Å². The Balaban J connectivity index is 2.40. The van der Waals surface area contributed by atoms with Crippen molar-refractivity contribution < 1.29 is 4.79 Å². The van der Waals surface area contributed by atoms with Crippen LogP contribution in [0, 0.1) is 6.92 Å². The highest BCUT2D eigenvalue weighted by Crippen LogP contribution is 2.27. The van der Waals surface area contributed by atoms with Gasteiger partial charge in [0.1, 0.15) is 5.56 Å². The Morgan fingerprint density at radius 1 is 1.24 bits per heavy atom. The third-order valence-corrected chi connectivity index (χ3v) is 3.23. The van der Waals surface area contributed by atoms with Gasteiger partial charge in [0.25, 0.3) is 11.5 Å². The van der Waals surface area contributed by atoms with Crippen LogP contribution in [0.5, 0.6) is 0 Å². The van der Waals surface area contributed by atoms with Gasteiger partial charge in [0.15, 0.2) is 0 Å². The van der Waals surface area contributed by atoms with Crippen molar-refractivity contribution in [3.63, 3.8) is 0 Å². The largest absolute Gasteiger partial charge is 0.325 e. The maximum atomic E-state index is 12.2. The smallest absolute Gasteiger partial charge is 0.321 e. The predicted octanol–water partition coefficient (Wildman–Crippen LogP) is 1.75. The summed E-state index contributed by atoms with van der Waals surface area (Å²) in [4.78, 5) is 39.2. The first-order chi connectivity index (χ1) is 9.90. The van der Waals surface area contributed by atoms with E-state index in [0.717, 1.165) is 17.3 Å². The number of hydrogen-bond acceptors (Lipinski definition) is 3. The fourth-order valence-electron chi connectivity index (χ4n) is 2.10. The summed E-state index contributed by atoms with van der Waals surface area (Å²) in [7, 11) is 0. The number of anilines is 1. The number of aromatic nitrogens is 2. The van der Waals surface area contributed by atoms with Crippen LogP contribution in [-0.2, 0) is 0 Å². The number of benzene rings is 1. The molecule has 2 aromatic rings. The van der Waals surface area contributed by atoms with Crippen LogP contribution in [0.15, 0.2) is 34.0 Å². The highest BCUT2D eigenvalue weighted by atomic mass is 16.2. The molecule has 0 aliphatic rings. The number of aromatic amines is 2. The van der Waals surface area contributed by atoms with Crippen LogP contribution in [0.2, 0.25) is 0 Å². The molecule has 0 radical (unpaired) electrons. The maximum absolute atomic E-state index is 12.2. The summed E-state index contributed by atoms with van der Waals surface area (Å²) < 4.78 is 0. The van der Waals surface area contributed by atoms with Gasteiger partial charge in [-0.15, -0.1) is 0 Å². The minimum Gasteiger partial charge on any atom is -0.321 e. The summed E-state index contributed by atoms with van der Waals surface area (Å²) in [6.45, 7) is 5.94. The van der Waals surface area contributed by atoms with Crippen LogP contribution in [-0.4, -0.2) is 15.9 Å². The van der Waals surface area contributed by atoms with Crippen molar-refractivity contribution in [3.8, 4) is 0 Å². The minimum absolute atomic E-state index is 0.132. The average Bonchev–Trinajstić information content (AvgIpc) is 2.40. The van der Waals surface area contributed by atoms with Gasteiger partial charge in [0.05, 0.1) is 0 Å². The van der Waals surface area contributed by atoms with Crippen LogP contribution in [0.1, 0.15) is 41.3 Å². The fourth-order valence-corrected chi connectivity index (χ4v) is 2.10. The minimum atomic E-state index is -0.712. The standard InChI is InChI=1S/C15H17N3O3/c1-8(2)10-6-4-5-9(3)12(10)17-13(19)11-7-16-15(21)18-14(11)20/h4-8H,1-3H3,(H,17,19)(H2,16,18,20,21). The zero-order chi connectivity index (χ0) is 15.6. The lowest BCUT2D eigenvalue weighted by Gasteiger charge is -2.16. The molecule has 0 saturated heterocycles. The van der Waals surface area contributed by atoms with Gasteiger partial charge < -0.3 is 10.3 Å². The van der Waals surface area contributed by atoms with E-state index in [0.29, 0.717) is 5.69 Å². The third kappa shape index (κ3) is 3.10. The van der Waals surface area contributed by atoms with E-state index in [2.05, 4.69) is 10.3 Å². The van der Waals surface area contributed by atoms with Crippen molar-refractivity contribution >= 4 is 11.6 Å². The Kier molecular flexibility index (Phi) is 4.07. The molecule has 0 unspecified atom stereocenters. The molecule has 1 aromatic heterocycles. The zero-order valence-electron chi connectivity index (χ0n) is 12.1. The molecule has 6 heteroatoms. The number of carbonyl (C=O) groups excluding carboxylic acids is 1. The number of H-pyrrole nitrogens is 2. The van der Waals surface area contributed by atoms with Crippen molar-refractivity contribution in [2.75, 3.05) is 5.32 Å². The second-order valence-electron chi connectivity index (χ2n) is 5.13.